The SMILES string of the molecule is OCC1OC(OC2C3CCC(O)(N3)C(O)C2O)C(O)C(O)C1O. The lowest BCUT2D eigenvalue weighted by atomic mass is 9.93. The molecule has 0 radical (unpaired) electrons. The zero-order valence-electron chi connectivity index (χ0n) is 12.3. The first-order chi connectivity index (χ1) is 10.8. The van der Waals surface area contributed by atoms with Gasteiger partial charge in [-0.25, -0.2) is 0 Å². The van der Waals surface area contributed by atoms with Gasteiger partial charge in [0, 0.05) is 6.04 Å². The molecule has 3 aliphatic rings. The normalized spacial score (nSPS) is 56.7. The van der Waals surface area contributed by atoms with E-state index in [9.17, 15) is 30.6 Å². The van der Waals surface area contributed by atoms with Gasteiger partial charge < -0.3 is 45.2 Å². The lowest BCUT2D eigenvalue weighted by Gasteiger charge is -2.46. The van der Waals surface area contributed by atoms with Gasteiger partial charge in [-0.15, -0.1) is 0 Å². The maximum Gasteiger partial charge on any atom is 0.187 e. The predicted molar refractivity (Wildman–Crippen MR) is 71.8 cm³/mol. The third-order valence-corrected chi connectivity index (χ3v) is 4.96. The molecule has 10 atom stereocenters. The summed E-state index contributed by atoms with van der Waals surface area (Å²) in [6, 6.07) is -0.481. The van der Waals surface area contributed by atoms with E-state index in [1.54, 1.807) is 0 Å². The van der Waals surface area contributed by atoms with Crippen molar-refractivity contribution < 1.29 is 45.2 Å². The Balaban J connectivity index is 1.73. The Morgan fingerprint density at radius 2 is 1.74 bits per heavy atom. The van der Waals surface area contributed by atoms with Crippen LogP contribution in [-0.4, -0.2) is 103 Å². The minimum absolute atomic E-state index is 0.227. The summed E-state index contributed by atoms with van der Waals surface area (Å²) in [6.07, 6.45) is -10.5. The molecular formula is C13H23NO9. The van der Waals surface area contributed by atoms with E-state index >= 15 is 0 Å². The Labute approximate surface area is 131 Å². The molecule has 10 nitrogen and oxygen atoms in total. The number of aliphatic hydroxyl groups is 7. The molecule has 0 saturated carbocycles. The van der Waals surface area contributed by atoms with Crippen LogP contribution in [0.1, 0.15) is 12.8 Å². The fourth-order valence-corrected chi connectivity index (χ4v) is 3.53. The Morgan fingerprint density at radius 3 is 2.39 bits per heavy atom. The number of piperidine rings is 1. The van der Waals surface area contributed by atoms with E-state index in [0.717, 1.165) is 0 Å². The predicted octanol–water partition coefficient (Wildman–Crippen LogP) is -4.65. The molecule has 8 N–H and O–H groups in total. The van der Waals surface area contributed by atoms with Crippen molar-refractivity contribution in [2.75, 3.05) is 6.61 Å². The van der Waals surface area contributed by atoms with Crippen molar-refractivity contribution in [3.05, 3.63) is 0 Å². The largest absolute Gasteiger partial charge is 0.394 e. The molecule has 3 fully saturated rings. The van der Waals surface area contributed by atoms with E-state index in [4.69, 9.17) is 14.6 Å². The molecule has 3 rings (SSSR count). The Kier molecular flexibility index (Phi) is 4.66. The van der Waals surface area contributed by atoms with Crippen LogP contribution in [0.2, 0.25) is 0 Å². The summed E-state index contributed by atoms with van der Waals surface area (Å²) in [4.78, 5) is 0. The van der Waals surface area contributed by atoms with Crippen LogP contribution >= 0.6 is 0 Å². The number of fused-ring (bicyclic) bond motifs is 2. The standard InChI is InChI=1S/C13H23NO9/c15-3-5-6(16)7(17)8(18)12(22-5)23-10-4-1-2-13(21,14-4)11(20)9(10)19/h4-12,14-21H,1-3H2. The van der Waals surface area contributed by atoms with Gasteiger partial charge in [-0.05, 0) is 12.8 Å². The first-order valence-corrected chi connectivity index (χ1v) is 7.60. The Hall–Kier alpha value is -0.400. The third-order valence-electron chi connectivity index (χ3n) is 4.96. The average molecular weight is 337 g/mol. The number of hydrogen-bond donors (Lipinski definition) is 8. The van der Waals surface area contributed by atoms with Crippen molar-refractivity contribution in [2.45, 2.75) is 73.6 Å². The second kappa shape index (κ2) is 6.15. The maximum atomic E-state index is 10.2. The highest BCUT2D eigenvalue weighted by atomic mass is 16.7. The molecule has 10 unspecified atom stereocenters. The van der Waals surface area contributed by atoms with Gasteiger partial charge >= 0.3 is 0 Å². The molecule has 134 valence electrons. The molecule has 0 spiro atoms. The topological polar surface area (TPSA) is 172 Å². The molecule has 0 aromatic heterocycles. The molecule has 23 heavy (non-hydrogen) atoms. The monoisotopic (exact) mass is 337 g/mol. The van der Waals surface area contributed by atoms with Gasteiger partial charge in [0.15, 0.2) is 6.29 Å². The zero-order chi connectivity index (χ0) is 16.9. The first kappa shape index (κ1) is 17.4. The summed E-state index contributed by atoms with van der Waals surface area (Å²) >= 11 is 0. The molecule has 2 bridgehead atoms. The highest BCUT2D eigenvalue weighted by Gasteiger charge is 2.57. The zero-order valence-corrected chi connectivity index (χ0v) is 12.3. The van der Waals surface area contributed by atoms with Crippen LogP contribution in [0, 0.1) is 0 Å². The quantitative estimate of drug-likeness (QED) is 0.250. The average Bonchev–Trinajstić information content (AvgIpc) is 2.90. The van der Waals surface area contributed by atoms with Crippen LogP contribution < -0.4 is 5.32 Å². The lowest BCUT2D eigenvalue weighted by Crippen LogP contribution is -2.69. The molecule has 0 aromatic carbocycles. The summed E-state index contributed by atoms with van der Waals surface area (Å²) in [5, 5.41) is 71.7. The number of hydrogen-bond acceptors (Lipinski definition) is 10. The van der Waals surface area contributed by atoms with Gasteiger partial charge in [0.1, 0.15) is 48.5 Å². The number of nitrogens with one attached hydrogen (secondary N) is 1. The van der Waals surface area contributed by atoms with Gasteiger partial charge in [-0.1, -0.05) is 0 Å². The van der Waals surface area contributed by atoms with Crippen molar-refractivity contribution in [1.29, 1.82) is 0 Å². The number of ether oxygens (including phenoxy) is 2. The van der Waals surface area contributed by atoms with Crippen LogP contribution in [0.5, 0.6) is 0 Å². The Morgan fingerprint density at radius 1 is 1.04 bits per heavy atom. The fraction of sp³-hybridized carbons (Fsp3) is 1.00. The molecule has 3 aliphatic heterocycles. The van der Waals surface area contributed by atoms with Crippen molar-refractivity contribution in [2.24, 2.45) is 0 Å². The molecule has 10 heteroatoms. The second-order valence-corrected chi connectivity index (χ2v) is 6.45. The number of rotatable bonds is 3. The second-order valence-electron chi connectivity index (χ2n) is 6.45. The summed E-state index contributed by atoms with van der Waals surface area (Å²) < 4.78 is 10.7. The maximum absolute atomic E-state index is 10.2. The summed E-state index contributed by atoms with van der Waals surface area (Å²) in [6.45, 7) is -0.595. The van der Waals surface area contributed by atoms with Gasteiger partial charge in [0.25, 0.3) is 0 Å². The van der Waals surface area contributed by atoms with E-state index in [-0.39, 0.29) is 6.42 Å². The van der Waals surface area contributed by atoms with Gasteiger partial charge in [0.05, 0.1) is 6.61 Å². The van der Waals surface area contributed by atoms with Gasteiger partial charge in [0.2, 0.25) is 0 Å². The summed E-state index contributed by atoms with van der Waals surface area (Å²) in [5.74, 6) is 0. The van der Waals surface area contributed by atoms with Crippen LogP contribution in [0.3, 0.4) is 0 Å². The molecule has 3 heterocycles. The minimum atomic E-state index is -1.60. The molecule has 3 saturated heterocycles. The summed E-state index contributed by atoms with van der Waals surface area (Å²) in [7, 11) is 0. The van der Waals surface area contributed by atoms with Crippen molar-refractivity contribution in [1.82, 2.24) is 5.32 Å². The van der Waals surface area contributed by atoms with E-state index in [1.165, 1.54) is 0 Å². The molecule has 0 aliphatic carbocycles. The van der Waals surface area contributed by atoms with Crippen LogP contribution in [-0.2, 0) is 9.47 Å². The van der Waals surface area contributed by atoms with Crippen LogP contribution in [0.15, 0.2) is 0 Å². The van der Waals surface area contributed by atoms with E-state index < -0.39 is 67.4 Å². The first-order valence-electron chi connectivity index (χ1n) is 7.60. The van der Waals surface area contributed by atoms with Gasteiger partial charge in [-0.2, -0.15) is 0 Å². The molecule has 0 amide bonds. The van der Waals surface area contributed by atoms with Crippen molar-refractivity contribution >= 4 is 0 Å². The van der Waals surface area contributed by atoms with Crippen molar-refractivity contribution in [3.63, 3.8) is 0 Å². The number of aliphatic hydroxyl groups excluding tert-OH is 6. The smallest absolute Gasteiger partial charge is 0.187 e. The Bertz CT molecular complexity index is 438. The van der Waals surface area contributed by atoms with Gasteiger partial charge in [-0.3, -0.25) is 5.32 Å². The highest BCUT2D eigenvalue weighted by molar-refractivity contribution is 5.08. The minimum Gasteiger partial charge on any atom is -0.394 e. The van der Waals surface area contributed by atoms with Crippen LogP contribution in [0.4, 0.5) is 0 Å². The lowest BCUT2D eigenvalue weighted by molar-refractivity contribution is -0.327. The third kappa shape index (κ3) is 2.78. The molecule has 0 aromatic rings. The fourth-order valence-electron chi connectivity index (χ4n) is 3.53. The van der Waals surface area contributed by atoms with E-state index in [0.29, 0.717) is 6.42 Å². The van der Waals surface area contributed by atoms with E-state index in [2.05, 4.69) is 5.32 Å². The molecular weight excluding hydrogens is 314 g/mol. The van der Waals surface area contributed by atoms with Crippen LogP contribution in [0.25, 0.3) is 0 Å². The van der Waals surface area contributed by atoms with E-state index in [1.807, 2.05) is 0 Å². The van der Waals surface area contributed by atoms with Crippen molar-refractivity contribution in [3.8, 4) is 0 Å². The highest BCUT2D eigenvalue weighted by Crippen LogP contribution is 2.37. The summed E-state index contributed by atoms with van der Waals surface area (Å²) in [5.41, 5.74) is -1.58.